The number of benzene rings is 2. The third-order valence-electron chi connectivity index (χ3n) is 5.45. The molecule has 2 N–H and O–H groups in total. The molecule has 1 aromatic heterocycles. The molecule has 11 heteroatoms. The summed E-state index contributed by atoms with van der Waals surface area (Å²) in [5.41, 5.74) is 2.45. The standard InChI is InChI=1S/C24H29FN6O3S/c1-3-34-31(19-13-11-18(12-14-19)30-15-7-4-8-16-30)24-26-17-20(25)23(28-24)27-21-9-5-6-10-22(21)29-35(2,32)33/h5-6,9-14,17,29H,3-4,7-8,15-16H2,1-2H3,(H,26,27,28). The van der Waals surface area contributed by atoms with E-state index >= 15 is 0 Å². The number of aromatic nitrogens is 2. The Labute approximate surface area is 205 Å². The summed E-state index contributed by atoms with van der Waals surface area (Å²) in [7, 11) is -3.53. The second-order valence-electron chi connectivity index (χ2n) is 8.19. The second-order valence-corrected chi connectivity index (χ2v) is 9.94. The molecule has 0 spiro atoms. The fourth-order valence-electron chi connectivity index (χ4n) is 3.88. The normalized spacial score (nSPS) is 14.0. The van der Waals surface area contributed by atoms with Crippen LogP contribution >= 0.6 is 0 Å². The minimum absolute atomic E-state index is 0.118. The van der Waals surface area contributed by atoms with Gasteiger partial charge in [-0.25, -0.2) is 17.8 Å². The van der Waals surface area contributed by atoms with Crippen LogP contribution in [-0.4, -0.2) is 44.3 Å². The summed E-state index contributed by atoms with van der Waals surface area (Å²) in [6.07, 6.45) is 5.73. The summed E-state index contributed by atoms with van der Waals surface area (Å²) in [5.74, 6) is -0.678. The molecule has 1 fully saturated rings. The van der Waals surface area contributed by atoms with Crippen LogP contribution in [0.5, 0.6) is 0 Å². The summed E-state index contributed by atoms with van der Waals surface area (Å²) >= 11 is 0. The van der Waals surface area contributed by atoms with E-state index in [4.69, 9.17) is 4.84 Å². The molecule has 0 atom stereocenters. The van der Waals surface area contributed by atoms with Gasteiger partial charge in [0, 0.05) is 18.8 Å². The number of nitrogens with zero attached hydrogens (tertiary/aromatic N) is 4. The molecule has 1 aliphatic rings. The van der Waals surface area contributed by atoms with Gasteiger partial charge < -0.3 is 10.2 Å². The predicted molar refractivity (Wildman–Crippen MR) is 136 cm³/mol. The smallest absolute Gasteiger partial charge is 0.256 e. The van der Waals surface area contributed by atoms with Gasteiger partial charge >= 0.3 is 0 Å². The van der Waals surface area contributed by atoms with Crippen molar-refractivity contribution in [2.24, 2.45) is 0 Å². The molecule has 0 bridgehead atoms. The monoisotopic (exact) mass is 500 g/mol. The van der Waals surface area contributed by atoms with Crippen LogP contribution in [0.15, 0.2) is 54.7 Å². The second kappa shape index (κ2) is 10.9. The van der Waals surface area contributed by atoms with Crippen LogP contribution in [0.2, 0.25) is 0 Å². The molecule has 1 aliphatic heterocycles. The van der Waals surface area contributed by atoms with Gasteiger partial charge in [0.05, 0.1) is 36.1 Å². The molecule has 2 heterocycles. The van der Waals surface area contributed by atoms with Crippen LogP contribution in [-0.2, 0) is 14.9 Å². The Morgan fingerprint density at radius 3 is 2.40 bits per heavy atom. The average Bonchev–Trinajstić information content (AvgIpc) is 2.85. The lowest BCUT2D eigenvalue weighted by atomic mass is 10.1. The van der Waals surface area contributed by atoms with E-state index in [0.717, 1.165) is 31.2 Å². The summed E-state index contributed by atoms with van der Waals surface area (Å²) in [6.45, 7) is 4.27. The largest absolute Gasteiger partial charge is 0.372 e. The third kappa shape index (κ3) is 6.37. The lowest BCUT2D eigenvalue weighted by Gasteiger charge is -2.29. The van der Waals surface area contributed by atoms with Gasteiger partial charge in [-0.15, -0.1) is 0 Å². The van der Waals surface area contributed by atoms with E-state index in [2.05, 4.69) is 24.9 Å². The number of sulfonamides is 1. The van der Waals surface area contributed by atoms with Crippen LogP contribution in [0.4, 0.5) is 38.9 Å². The van der Waals surface area contributed by atoms with Crippen LogP contribution in [0.3, 0.4) is 0 Å². The molecule has 0 saturated carbocycles. The molecule has 1 saturated heterocycles. The molecule has 3 aromatic rings. The Kier molecular flexibility index (Phi) is 7.67. The lowest BCUT2D eigenvalue weighted by molar-refractivity contribution is 0.145. The van der Waals surface area contributed by atoms with E-state index in [1.165, 1.54) is 24.3 Å². The van der Waals surface area contributed by atoms with Crippen molar-refractivity contribution in [2.45, 2.75) is 26.2 Å². The molecule has 0 unspecified atom stereocenters. The van der Waals surface area contributed by atoms with Crippen LogP contribution in [0, 0.1) is 5.82 Å². The average molecular weight is 501 g/mol. The summed E-state index contributed by atoms with van der Waals surface area (Å²) in [4.78, 5) is 16.6. The highest BCUT2D eigenvalue weighted by molar-refractivity contribution is 7.92. The minimum atomic E-state index is -3.53. The zero-order valence-corrected chi connectivity index (χ0v) is 20.6. The Morgan fingerprint density at radius 1 is 1.06 bits per heavy atom. The fourth-order valence-corrected chi connectivity index (χ4v) is 4.46. The number of hydrogen-bond acceptors (Lipinski definition) is 8. The SMILES string of the molecule is CCON(c1ccc(N2CCCCC2)cc1)c1ncc(F)c(Nc2ccccc2NS(C)(=O)=O)n1. The maximum absolute atomic E-state index is 14.6. The first-order chi connectivity index (χ1) is 16.8. The van der Waals surface area contributed by atoms with Crippen molar-refractivity contribution in [3.63, 3.8) is 0 Å². The third-order valence-corrected chi connectivity index (χ3v) is 6.04. The first-order valence-corrected chi connectivity index (χ1v) is 13.4. The summed E-state index contributed by atoms with van der Waals surface area (Å²) in [6, 6.07) is 14.5. The van der Waals surface area contributed by atoms with Crippen molar-refractivity contribution in [2.75, 3.05) is 46.0 Å². The van der Waals surface area contributed by atoms with Gasteiger partial charge in [0.15, 0.2) is 11.6 Å². The molecule has 0 amide bonds. The van der Waals surface area contributed by atoms with Crippen molar-refractivity contribution in [1.82, 2.24) is 9.97 Å². The number of piperidine rings is 1. The highest BCUT2D eigenvalue weighted by atomic mass is 32.2. The van der Waals surface area contributed by atoms with Gasteiger partial charge in [-0.05, 0) is 62.6 Å². The molecule has 2 aromatic carbocycles. The zero-order valence-electron chi connectivity index (χ0n) is 19.7. The van der Waals surface area contributed by atoms with E-state index in [1.54, 1.807) is 24.3 Å². The topological polar surface area (TPSA) is 99.7 Å². The molecule has 9 nitrogen and oxygen atoms in total. The molecule has 0 aliphatic carbocycles. The molecule has 186 valence electrons. The number of para-hydroxylation sites is 2. The first kappa shape index (κ1) is 24.7. The van der Waals surface area contributed by atoms with Crippen molar-refractivity contribution >= 4 is 44.5 Å². The van der Waals surface area contributed by atoms with E-state index in [9.17, 15) is 12.8 Å². The molecule has 35 heavy (non-hydrogen) atoms. The number of hydrogen-bond donors (Lipinski definition) is 2. The highest BCUT2D eigenvalue weighted by Gasteiger charge is 2.18. The minimum Gasteiger partial charge on any atom is -0.372 e. The van der Waals surface area contributed by atoms with E-state index in [-0.39, 0.29) is 17.5 Å². The fraction of sp³-hybridized carbons (Fsp3) is 0.333. The van der Waals surface area contributed by atoms with Crippen molar-refractivity contribution in [1.29, 1.82) is 0 Å². The van der Waals surface area contributed by atoms with Crippen LogP contribution in [0.25, 0.3) is 0 Å². The van der Waals surface area contributed by atoms with Gasteiger partial charge in [0.1, 0.15) is 0 Å². The Hall–Kier alpha value is -3.44. The maximum Gasteiger partial charge on any atom is 0.256 e. The van der Waals surface area contributed by atoms with Gasteiger partial charge in [0.25, 0.3) is 5.95 Å². The van der Waals surface area contributed by atoms with Crippen molar-refractivity contribution in [3.8, 4) is 0 Å². The van der Waals surface area contributed by atoms with Crippen LogP contribution in [0.1, 0.15) is 26.2 Å². The Bertz CT molecular complexity index is 1250. The number of halogens is 1. The quantitative estimate of drug-likeness (QED) is 0.404. The molecular formula is C24H29FN6O3S. The number of rotatable bonds is 9. The Morgan fingerprint density at radius 2 is 1.74 bits per heavy atom. The molecular weight excluding hydrogens is 471 g/mol. The van der Waals surface area contributed by atoms with Crippen LogP contribution < -0.4 is 20.0 Å². The first-order valence-electron chi connectivity index (χ1n) is 11.5. The molecule has 4 rings (SSSR count). The van der Waals surface area contributed by atoms with E-state index < -0.39 is 15.8 Å². The summed E-state index contributed by atoms with van der Waals surface area (Å²) < 4.78 is 40.5. The van der Waals surface area contributed by atoms with Gasteiger partial charge in [-0.2, -0.15) is 10.0 Å². The lowest BCUT2D eigenvalue weighted by Crippen LogP contribution is -2.29. The van der Waals surface area contributed by atoms with Gasteiger partial charge in [-0.3, -0.25) is 9.56 Å². The predicted octanol–water partition coefficient (Wildman–Crippen LogP) is 4.81. The van der Waals surface area contributed by atoms with E-state index in [0.29, 0.717) is 18.0 Å². The highest BCUT2D eigenvalue weighted by Crippen LogP contribution is 2.30. The maximum atomic E-state index is 14.6. The summed E-state index contributed by atoms with van der Waals surface area (Å²) in [5, 5.41) is 4.31. The molecule has 0 radical (unpaired) electrons. The zero-order chi connectivity index (χ0) is 24.8. The van der Waals surface area contributed by atoms with Crippen molar-refractivity contribution in [3.05, 3.63) is 60.5 Å². The van der Waals surface area contributed by atoms with Gasteiger partial charge in [-0.1, -0.05) is 12.1 Å². The Balaban J connectivity index is 1.61. The number of nitrogens with one attached hydrogen (secondary N) is 2. The van der Waals surface area contributed by atoms with Gasteiger partial charge in [0.2, 0.25) is 10.0 Å². The van der Waals surface area contributed by atoms with E-state index in [1.807, 2.05) is 31.2 Å². The number of anilines is 6. The van der Waals surface area contributed by atoms with Crippen molar-refractivity contribution < 1.29 is 17.6 Å².